The summed E-state index contributed by atoms with van der Waals surface area (Å²) < 4.78 is 4.94. The Hall–Kier alpha value is -1.00. The van der Waals surface area contributed by atoms with Crippen LogP contribution in [0.4, 0.5) is 0 Å². The van der Waals surface area contributed by atoms with Gasteiger partial charge in [-0.2, -0.15) is 0 Å². The lowest BCUT2D eigenvalue weighted by atomic mass is 10.2. The number of benzene rings is 1. The van der Waals surface area contributed by atoms with Gasteiger partial charge in [0.2, 0.25) is 0 Å². The van der Waals surface area contributed by atoms with Crippen molar-refractivity contribution in [1.82, 2.24) is 0 Å². The number of rotatable bonds is 5. The zero-order chi connectivity index (χ0) is 12.0. The fourth-order valence-electron chi connectivity index (χ4n) is 1.22. The molecule has 0 aliphatic carbocycles. The zero-order valence-corrected chi connectivity index (χ0v) is 10.4. The molecule has 0 aliphatic heterocycles. The van der Waals surface area contributed by atoms with Gasteiger partial charge < -0.3 is 10.5 Å². The minimum absolute atomic E-state index is 0.171. The highest BCUT2D eigenvalue weighted by Crippen LogP contribution is 2.24. The summed E-state index contributed by atoms with van der Waals surface area (Å²) >= 11 is 1.50. The molecule has 4 heteroatoms. The molecule has 0 aliphatic rings. The van der Waals surface area contributed by atoms with Crippen molar-refractivity contribution >= 4 is 17.7 Å². The number of carbonyl (C=O) groups excluding carboxylic acids is 1. The predicted octanol–water partition coefficient (Wildman–Crippen LogP) is 2.19. The van der Waals surface area contributed by atoms with E-state index in [0.29, 0.717) is 13.2 Å². The maximum absolute atomic E-state index is 11.4. The number of hydrogen-bond acceptors (Lipinski definition) is 4. The number of ether oxygens (including phenoxy) is 1. The van der Waals surface area contributed by atoms with Crippen LogP contribution in [-0.4, -0.2) is 17.8 Å². The average molecular weight is 239 g/mol. The second-order valence-corrected chi connectivity index (χ2v) is 4.77. The van der Waals surface area contributed by atoms with E-state index in [1.165, 1.54) is 11.8 Å². The first-order valence-electron chi connectivity index (χ1n) is 5.29. The smallest absolute Gasteiger partial charge is 0.319 e. The Morgan fingerprint density at radius 2 is 2.06 bits per heavy atom. The molecule has 0 spiro atoms. The molecular formula is C12H17NO2S. The predicted molar refractivity (Wildman–Crippen MR) is 66.3 cm³/mol. The van der Waals surface area contributed by atoms with Gasteiger partial charge in [-0.15, -0.1) is 11.8 Å². The molecule has 0 radical (unpaired) electrons. The minimum Gasteiger partial charge on any atom is -0.465 e. The number of hydrogen-bond donors (Lipinski definition) is 1. The van der Waals surface area contributed by atoms with Crippen molar-refractivity contribution in [3.63, 3.8) is 0 Å². The van der Waals surface area contributed by atoms with E-state index in [0.717, 1.165) is 10.5 Å². The third-order valence-corrected chi connectivity index (χ3v) is 3.18. The lowest BCUT2D eigenvalue weighted by Gasteiger charge is -2.10. The van der Waals surface area contributed by atoms with Crippen molar-refractivity contribution in [3.8, 4) is 0 Å². The van der Waals surface area contributed by atoms with E-state index in [4.69, 9.17) is 10.5 Å². The lowest BCUT2D eigenvalue weighted by molar-refractivity contribution is -0.142. The summed E-state index contributed by atoms with van der Waals surface area (Å²) in [6.07, 6.45) is 0. The van der Waals surface area contributed by atoms with Gasteiger partial charge in [0.25, 0.3) is 0 Å². The quantitative estimate of drug-likeness (QED) is 0.632. The van der Waals surface area contributed by atoms with E-state index in [-0.39, 0.29) is 11.2 Å². The molecule has 3 nitrogen and oxygen atoms in total. The molecule has 1 aromatic carbocycles. The Morgan fingerprint density at radius 1 is 1.44 bits per heavy atom. The first kappa shape index (κ1) is 13.1. The second-order valence-electron chi connectivity index (χ2n) is 3.36. The van der Waals surface area contributed by atoms with Gasteiger partial charge in [-0.3, -0.25) is 4.79 Å². The van der Waals surface area contributed by atoms with Gasteiger partial charge in [0.15, 0.2) is 0 Å². The summed E-state index contributed by atoms with van der Waals surface area (Å²) in [6.45, 7) is 4.62. The normalized spacial score (nSPS) is 12.2. The Balaban J connectivity index is 2.55. The van der Waals surface area contributed by atoms with Gasteiger partial charge >= 0.3 is 5.97 Å². The highest BCUT2D eigenvalue weighted by atomic mass is 32.2. The summed E-state index contributed by atoms with van der Waals surface area (Å²) in [6, 6.07) is 7.89. The molecule has 0 fully saturated rings. The number of thioether (sulfide) groups is 1. The van der Waals surface area contributed by atoms with Crippen molar-refractivity contribution in [1.29, 1.82) is 0 Å². The molecule has 0 heterocycles. The Morgan fingerprint density at radius 3 is 2.56 bits per heavy atom. The molecule has 1 unspecified atom stereocenters. The summed E-state index contributed by atoms with van der Waals surface area (Å²) in [5.74, 6) is -0.171. The molecule has 0 bridgehead atoms. The SMILES string of the molecule is CCOC(=O)C(C)Sc1ccc(CN)cc1. The first-order valence-corrected chi connectivity index (χ1v) is 6.17. The van der Waals surface area contributed by atoms with Crippen LogP contribution in [0.3, 0.4) is 0 Å². The van der Waals surface area contributed by atoms with E-state index in [2.05, 4.69) is 0 Å². The van der Waals surface area contributed by atoms with Crippen LogP contribution in [0.5, 0.6) is 0 Å². The van der Waals surface area contributed by atoms with Gasteiger partial charge in [-0.05, 0) is 31.5 Å². The second kappa shape index (κ2) is 6.55. The third kappa shape index (κ3) is 3.87. The van der Waals surface area contributed by atoms with Crippen molar-refractivity contribution in [2.75, 3.05) is 6.61 Å². The minimum atomic E-state index is -0.177. The molecule has 0 amide bonds. The van der Waals surface area contributed by atoms with Gasteiger partial charge in [0.05, 0.1) is 6.61 Å². The van der Waals surface area contributed by atoms with Crippen LogP contribution in [0.15, 0.2) is 29.2 Å². The topological polar surface area (TPSA) is 52.3 Å². The molecule has 0 saturated heterocycles. The van der Waals surface area contributed by atoms with Crippen LogP contribution in [0.2, 0.25) is 0 Å². The van der Waals surface area contributed by atoms with Gasteiger partial charge in [-0.25, -0.2) is 0 Å². The molecule has 16 heavy (non-hydrogen) atoms. The lowest BCUT2D eigenvalue weighted by Crippen LogP contribution is -2.16. The van der Waals surface area contributed by atoms with Crippen LogP contribution in [0, 0.1) is 0 Å². The molecular weight excluding hydrogens is 222 g/mol. The Kier molecular flexibility index (Phi) is 5.35. The third-order valence-electron chi connectivity index (χ3n) is 2.09. The standard InChI is InChI=1S/C12H17NO2S/c1-3-15-12(14)9(2)16-11-6-4-10(8-13)5-7-11/h4-7,9H,3,8,13H2,1-2H3. The summed E-state index contributed by atoms with van der Waals surface area (Å²) in [5.41, 5.74) is 6.60. The molecule has 0 saturated carbocycles. The summed E-state index contributed by atoms with van der Waals surface area (Å²) in [5, 5.41) is -0.177. The van der Waals surface area contributed by atoms with Crippen molar-refractivity contribution in [3.05, 3.63) is 29.8 Å². The Labute approximate surface area is 100 Å². The van der Waals surface area contributed by atoms with Crippen LogP contribution >= 0.6 is 11.8 Å². The highest BCUT2D eigenvalue weighted by Gasteiger charge is 2.14. The van der Waals surface area contributed by atoms with Crippen molar-refractivity contribution in [2.45, 2.75) is 30.5 Å². The fraction of sp³-hybridized carbons (Fsp3) is 0.417. The van der Waals surface area contributed by atoms with E-state index >= 15 is 0 Å². The number of carbonyl (C=O) groups is 1. The van der Waals surface area contributed by atoms with E-state index in [1.807, 2.05) is 38.1 Å². The highest BCUT2D eigenvalue weighted by molar-refractivity contribution is 8.00. The maximum Gasteiger partial charge on any atom is 0.319 e. The molecule has 88 valence electrons. The van der Waals surface area contributed by atoms with Crippen LogP contribution < -0.4 is 5.73 Å². The summed E-state index contributed by atoms with van der Waals surface area (Å²) in [4.78, 5) is 12.5. The van der Waals surface area contributed by atoms with Crippen molar-refractivity contribution < 1.29 is 9.53 Å². The Bertz CT molecular complexity index is 337. The number of nitrogens with two attached hydrogens (primary N) is 1. The average Bonchev–Trinajstić information content (AvgIpc) is 2.30. The summed E-state index contributed by atoms with van der Waals surface area (Å²) in [7, 11) is 0. The van der Waals surface area contributed by atoms with Crippen LogP contribution in [-0.2, 0) is 16.1 Å². The fourth-order valence-corrected chi connectivity index (χ4v) is 2.08. The monoisotopic (exact) mass is 239 g/mol. The number of esters is 1. The van der Waals surface area contributed by atoms with E-state index in [9.17, 15) is 4.79 Å². The molecule has 1 aromatic rings. The van der Waals surface area contributed by atoms with Crippen molar-refractivity contribution in [2.24, 2.45) is 5.73 Å². The largest absolute Gasteiger partial charge is 0.465 e. The molecule has 0 aromatic heterocycles. The van der Waals surface area contributed by atoms with E-state index in [1.54, 1.807) is 0 Å². The first-order chi connectivity index (χ1) is 7.67. The molecule has 1 atom stereocenters. The van der Waals surface area contributed by atoms with Gasteiger partial charge in [0, 0.05) is 11.4 Å². The molecule has 1 rings (SSSR count). The molecule has 2 N–H and O–H groups in total. The van der Waals surface area contributed by atoms with Crippen LogP contribution in [0.1, 0.15) is 19.4 Å². The van der Waals surface area contributed by atoms with Gasteiger partial charge in [-0.1, -0.05) is 12.1 Å². The zero-order valence-electron chi connectivity index (χ0n) is 9.60. The van der Waals surface area contributed by atoms with Gasteiger partial charge in [0.1, 0.15) is 5.25 Å². The van der Waals surface area contributed by atoms with Crippen LogP contribution in [0.25, 0.3) is 0 Å². The van der Waals surface area contributed by atoms with E-state index < -0.39 is 0 Å². The maximum atomic E-state index is 11.4.